The molecule has 0 aromatic heterocycles. The summed E-state index contributed by atoms with van der Waals surface area (Å²) in [5.74, 6) is -1.35. The number of aliphatic hydroxyl groups excluding tert-OH is 1. The van der Waals surface area contributed by atoms with Gasteiger partial charge in [0.1, 0.15) is 11.6 Å². The fraction of sp³-hybridized carbons (Fsp3) is 0.600. The zero-order chi connectivity index (χ0) is 15.1. The Labute approximate surface area is 123 Å². The van der Waals surface area contributed by atoms with Crippen molar-refractivity contribution in [1.82, 2.24) is 10.2 Å². The van der Waals surface area contributed by atoms with Crippen molar-refractivity contribution in [2.24, 2.45) is 0 Å². The molecule has 0 radical (unpaired) electrons. The van der Waals surface area contributed by atoms with Gasteiger partial charge in [-0.2, -0.15) is 0 Å². The predicted molar refractivity (Wildman–Crippen MR) is 76.1 cm³/mol. The van der Waals surface area contributed by atoms with Gasteiger partial charge in [-0.25, -0.2) is 8.78 Å². The van der Waals surface area contributed by atoms with Crippen molar-refractivity contribution in [3.63, 3.8) is 0 Å². The standard InChI is InChI=1S/C15H22F2N2O2/c16-12-2-3-13(14(17)10-12)15(20)11-18-4-1-5-19-6-8-21-9-7-19/h2-3,10,15,18,20H,1,4-9,11H2. The first-order chi connectivity index (χ1) is 10.2. The molecule has 1 aliphatic rings. The van der Waals surface area contributed by atoms with Crippen LogP contribution in [0.2, 0.25) is 0 Å². The highest BCUT2D eigenvalue weighted by molar-refractivity contribution is 5.21. The van der Waals surface area contributed by atoms with E-state index in [1.54, 1.807) is 0 Å². The Kier molecular flexibility index (Phi) is 6.50. The van der Waals surface area contributed by atoms with Gasteiger partial charge in [-0.05, 0) is 25.6 Å². The van der Waals surface area contributed by atoms with E-state index >= 15 is 0 Å². The highest BCUT2D eigenvalue weighted by Gasteiger charge is 2.13. The molecule has 1 saturated heterocycles. The summed E-state index contributed by atoms with van der Waals surface area (Å²) >= 11 is 0. The minimum atomic E-state index is -0.964. The molecule has 1 aromatic carbocycles. The van der Waals surface area contributed by atoms with E-state index in [1.807, 2.05) is 0 Å². The lowest BCUT2D eigenvalue weighted by atomic mass is 10.1. The van der Waals surface area contributed by atoms with E-state index in [0.717, 1.165) is 57.9 Å². The van der Waals surface area contributed by atoms with Crippen molar-refractivity contribution in [3.05, 3.63) is 35.4 Å². The second-order valence-electron chi connectivity index (χ2n) is 5.19. The first-order valence-corrected chi connectivity index (χ1v) is 7.30. The predicted octanol–water partition coefficient (Wildman–Crippen LogP) is 1.31. The number of hydrogen-bond acceptors (Lipinski definition) is 4. The van der Waals surface area contributed by atoms with E-state index in [2.05, 4.69) is 10.2 Å². The van der Waals surface area contributed by atoms with Crippen LogP contribution >= 0.6 is 0 Å². The molecule has 1 fully saturated rings. The number of aliphatic hydroxyl groups is 1. The topological polar surface area (TPSA) is 44.7 Å². The Bertz CT molecular complexity index is 440. The Morgan fingerprint density at radius 3 is 2.76 bits per heavy atom. The van der Waals surface area contributed by atoms with Gasteiger partial charge in [-0.1, -0.05) is 6.07 Å². The third kappa shape index (κ3) is 5.32. The van der Waals surface area contributed by atoms with Gasteiger partial charge in [0.2, 0.25) is 0 Å². The average molecular weight is 300 g/mol. The molecule has 0 bridgehead atoms. The monoisotopic (exact) mass is 300 g/mol. The van der Waals surface area contributed by atoms with Gasteiger partial charge < -0.3 is 15.2 Å². The Morgan fingerprint density at radius 1 is 1.29 bits per heavy atom. The number of halogens is 2. The SMILES string of the molecule is OC(CNCCCN1CCOCC1)c1ccc(F)cc1F. The molecule has 1 unspecified atom stereocenters. The number of ether oxygens (including phenoxy) is 1. The van der Waals surface area contributed by atoms with Crippen LogP contribution in [0.1, 0.15) is 18.1 Å². The molecule has 1 heterocycles. The summed E-state index contributed by atoms with van der Waals surface area (Å²) in [4.78, 5) is 2.33. The summed E-state index contributed by atoms with van der Waals surface area (Å²) in [6.45, 7) is 5.49. The third-order valence-corrected chi connectivity index (χ3v) is 3.59. The lowest BCUT2D eigenvalue weighted by Gasteiger charge is -2.26. The lowest BCUT2D eigenvalue weighted by Crippen LogP contribution is -2.38. The molecular formula is C15H22F2N2O2. The minimum Gasteiger partial charge on any atom is -0.387 e. The van der Waals surface area contributed by atoms with E-state index in [-0.39, 0.29) is 12.1 Å². The van der Waals surface area contributed by atoms with Gasteiger partial charge in [0.15, 0.2) is 0 Å². The molecule has 21 heavy (non-hydrogen) atoms. The quantitative estimate of drug-likeness (QED) is 0.745. The molecule has 4 nitrogen and oxygen atoms in total. The van der Waals surface area contributed by atoms with Crippen LogP contribution < -0.4 is 5.32 Å². The fourth-order valence-corrected chi connectivity index (χ4v) is 2.37. The molecule has 0 aliphatic carbocycles. The molecule has 0 amide bonds. The van der Waals surface area contributed by atoms with Gasteiger partial charge in [0, 0.05) is 31.3 Å². The van der Waals surface area contributed by atoms with Crippen molar-refractivity contribution in [1.29, 1.82) is 0 Å². The Morgan fingerprint density at radius 2 is 2.05 bits per heavy atom. The second kappa shape index (κ2) is 8.38. The highest BCUT2D eigenvalue weighted by Crippen LogP contribution is 2.17. The number of morpholine rings is 1. The molecule has 6 heteroatoms. The average Bonchev–Trinajstić information content (AvgIpc) is 2.47. The summed E-state index contributed by atoms with van der Waals surface area (Å²) < 4.78 is 31.5. The molecule has 1 aromatic rings. The van der Waals surface area contributed by atoms with E-state index in [1.165, 1.54) is 6.07 Å². The van der Waals surface area contributed by atoms with Crippen LogP contribution in [-0.2, 0) is 4.74 Å². The molecule has 2 N–H and O–H groups in total. The summed E-state index contributed by atoms with van der Waals surface area (Å²) in [5, 5.41) is 13.0. The number of nitrogens with zero attached hydrogens (tertiary/aromatic N) is 1. The van der Waals surface area contributed by atoms with E-state index in [4.69, 9.17) is 4.74 Å². The van der Waals surface area contributed by atoms with E-state index < -0.39 is 17.7 Å². The van der Waals surface area contributed by atoms with Crippen molar-refractivity contribution < 1.29 is 18.6 Å². The van der Waals surface area contributed by atoms with Crippen LogP contribution in [0.5, 0.6) is 0 Å². The van der Waals surface area contributed by atoms with Gasteiger partial charge >= 0.3 is 0 Å². The molecule has 1 aliphatic heterocycles. The fourth-order valence-electron chi connectivity index (χ4n) is 2.37. The van der Waals surface area contributed by atoms with E-state index in [0.29, 0.717) is 0 Å². The zero-order valence-corrected chi connectivity index (χ0v) is 12.0. The van der Waals surface area contributed by atoms with Gasteiger partial charge in [0.05, 0.1) is 19.3 Å². The van der Waals surface area contributed by atoms with Crippen molar-refractivity contribution in [2.45, 2.75) is 12.5 Å². The third-order valence-electron chi connectivity index (χ3n) is 3.59. The lowest BCUT2D eigenvalue weighted by molar-refractivity contribution is 0.0373. The molecule has 118 valence electrons. The van der Waals surface area contributed by atoms with Crippen LogP contribution in [-0.4, -0.2) is 55.9 Å². The van der Waals surface area contributed by atoms with Crippen LogP contribution in [0, 0.1) is 11.6 Å². The maximum atomic E-state index is 13.5. The maximum absolute atomic E-state index is 13.5. The number of benzene rings is 1. The smallest absolute Gasteiger partial charge is 0.131 e. The van der Waals surface area contributed by atoms with Crippen molar-refractivity contribution in [2.75, 3.05) is 45.9 Å². The van der Waals surface area contributed by atoms with Gasteiger partial charge in [0.25, 0.3) is 0 Å². The highest BCUT2D eigenvalue weighted by atomic mass is 19.1. The molecule has 0 saturated carbocycles. The first-order valence-electron chi connectivity index (χ1n) is 7.30. The van der Waals surface area contributed by atoms with Crippen molar-refractivity contribution in [3.8, 4) is 0 Å². The zero-order valence-electron chi connectivity index (χ0n) is 12.0. The van der Waals surface area contributed by atoms with Crippen LogP contribution in [0.15, 0.2) is 18.2 Å². The summed E-state index contributed by atoms with van der Waals surface area (Å²) in [7, 11) is 0. The van der Waals surface area contributed by atoms with Crippen LogP contribution in [0.4, 0.5) is 8.78 Å². The van der Waals surface area contributed by atoms with E-state index in [9.17, 15) is 13.9 Å². The summed E-state index contributed by atoms with van der Waals surface area (Å²) in [6, 6.07) is 3.22. The minimum absolute atomic E-state index is 0.122. The maximum Gasteiger partial charge on any atom is 0.131 e. The second-order valence-corrected chi connectivity index (χ2v) is 5.19. The summed E-state index contributed by atoms with van der Waals surface area (Å²) in [5.41, 5.74) is 0.122. The Hall–Kier alpha value is -1.08. The molecule has 1 atom stereocenters. The summed E-state index contributed by atoms with van der Waals surface area (Å²) in [6.07, 6.45) is -0.00694. The number of nitrogens with one attached hydrogen (secondary N) is 1. The van der Waals surface area contributed by atoms with Gasteiger partial charge in [-0.3, -0.25) is 4.90 Å². The first kappa shape index (κ1) is 16.3. The number of rotatable bonds is 7. The molecule has 0 spiro atoms. The molecule has 2 rings (SSSR count). The Balaban J connectivity index is 1.63. The largest absolute Gasteiger partial charge is 0.387 e. The normalized spacial score (nSPS) is 17.9. The number of hydrogen-bond donors (Lipinski definition) is 2. The van der Waals surface area contributed by atoms with Crippen LogP contribution in [0.25, 0.3) is 0 Å². The van der Waals surface area contributed by atoms with Crippen molar-refractivity contribution >= 4 is 0 Å². The molecular weight excluding hydrogens is 278 g/mol. The van der Waals surface area contributed by atoms with Crippen LogP contribution in [0.3, 0.4) is 0 Å². The van der Waals surface area contributed by atoms with Gasteiger partial charge in [-0.15, -0.1) is 0 Å².